The fourth-order valence-corrected chi connectivity index (χ4v) is 4.76. The molecular weight excluding hydrogens is 456 g/mol. The van der Waals surface area contributed by atoms with Gasteiger partial charge in [-0.2, -0.15) is 0 Å². The molecule has 1 amide bonds. The third-order valence-corrected chi connectivity index (χ3v) is 7.01. The molecule has 0 radical (unpaired) electrons. The Morgan fingerprint density at radius 1 is 1.12 bits per heavy atom. The molecule has 0 bridgehead atoms. The van der Waals surface area contributed by atoms with Gasteiger partial charge in [0.05, 0.1) is 11.5 Å². The summed E-state index contributed by atoms with van der Waals surface area (Å²) in [5, 5.41) is 0. The molecule has 2 aliphatic rings. The number of sulfone groups is 1. The number of hydrogen-bond donors (Lipinski definition) is 0. The predicted octanol–water partition coefficient (Wildman–Crippen LogP) is 3.60. The molecule has 2 aliphatic heterocycles. The highest BCUT2D eigenvalue weighted by Gasteiger charge is 2.27. The second-order valence-corrected chi connectivity index (χ2v) is 12.1. The quantitative estimate of drug-likeness (QED) is 0.629. The molecule has 34 heavy (non-hydrogen) atoms. The summed E-state index contributed by atoms with van der Waals surface area (Å²) in [5.74, 6) is 1.19. The van der Waals surface area contributed by atoms with Crippen molar-refractivity contribution >= 4 is 27.4 Å². The minimum Gasteiger partial charge on any atom is -0.474 e. The van der Waals surface area contributed by atoms with E-state index in [-0.39, 0.29) is 17.6 Å². The third-order valence-electron chi connectivity index (χ3n) is 5.90. The maximum absolute atomic E-state index is 12.3. The Balaban J connectivity index is 1.36. The summed E-state index contributed by atoms with van der Waals surface area (Å²) >= 11 is 0. The number of aromatic nitrogens is 2. The number of hydrogen-bond acceptors (Lipinski definition) is 8. The van der Waals surface area contributed by atoms with Crippen LogP contribution in [-0.2, 0) is 21.0 Å². The van der Waals surface area contributed by atoms with Gasteiger partial charge in [-0.1, -0.05) is 20.8 Å². The molecule has 0 N–H and O–H groups in total. The SMILES string of the molecule is CC(C)(C)COC(=O)N1CCC(Oc2cc(N3CCc4cc(S(C)(=O)=O)ccc43)ncn2)CC1. The zero-order valence-corrected chi connectivity index (χ0v) is 21.0. The van der Waals surface area contributed by atoms with Gasteiger partial charge in [-0.3, -0.25) is 0 Å². The topological polar surface area (TPSA) is 102 Å². The van der Waals surface area contributed by atoms with Crippen molar-refractivity contribution in [3.05, 3.63) is 36.2 Å². The van der Waals surface area contributed by atoms with E-state index in [4.69, 9.17) is 9.47 Å². The molecule has 1 fully saturated rings. The van der Waals surface area contributed by atoms with E-state index >= 15 is 0 Å². The Kier molecular flexibility index (Phi) is 6.71. The maximum atomic E-state index is 12.3. The van der Waals surface area contributed by atoms with Gasteiger partial charge in [-0.25, -0.2) is 23.2 Å². The molecule has 0 atom stereocenters. The molecule has 184 valence electrons. The standard InChI is InChI=1S/C24H32N4O5S/c1-24(2,3)15-32-23(29)27-10-8-18(9-11-27)33-22-14-21(25-16-26-22)28-12-7-17-13-19(34(4,30)31)5-6-20(17)28/h5-6,13-14,16,18H,7-12,15H2,1-4H3. The van der Waals surface area contributed by atoms with Gasteiger partial charge < -0.3 is 19.3 Å². The second-order valence-electron chi connectivity index (χ2n) is 10.1. The molecule has 9 nitrogen and oxygen atoms in total. The summed E-state index contributed by atoms with van der Waals surface area (Å²) in [4.78, 5) is 25.1. The first-order valence-corrected chi connectivity index (χ1v) is 13.4. The molecule has 2 aromatic rings. The van der Waals surface area contributed by atoms with Crippen molar-refractivity contribution < 1.29 is 22.7 Å². The van der Waals surface area contributed by atoms with Crippen LogP contribution in [0.4, 0.5) is 16.3 Å². The van der Waals surface area contributed by atoms with Crippen LogP contribution in [-0.4, -0.2) is 68.0 Å². The van der Waals surface area contributed by atoms with Gasteiger partial charge in [0.25, 0.3) is 0 Å². The van der Waals surface area contributed by atoms with Crippen molar-refractivity contribution in [2.24, 2.45) is 5.41 Å². The van der Waals surface area contributed by atoms with Crippen molar-refractivity contribution in [1.82, 2.24) is 14.9 Å². The predicted molar refractivity (Wildman–Crippen MR) is 128 cm³/mol. The lowest BCUT2D eigenvalue weighted by molar-refractivity contribution is 0.0488. The van der Waals surface area contributed by atoms with Crippen molar-refractivity contribution in [2.45, 2.75) is 51.0 Å². The first-order valence-electron chi connectivity index (χ1n) is 11.5. The summed E-state index contributed by atoms with van der Waals surface area (Å²) in [6, 6.07) is 7.01. The van der Waals surface area contributed by atoms with Crippen LogP contribution in [0.1, 0.15) is 39.2 Å². The number of piperidine rings is 1. The second kappa shape index (κ2) is 9.40. The zero-order valence-electron chi connectivity index (χ0n) is 20.2. The number of likely N-dealkylation sites (tertiary alicyclic amines) is 1. The van der Waals surface area contributed by atoms with Crippen LogP contribution in [0.2, 0.25) is 0 Å². The Hall–Kier alpha value is -2.88. The lowest BCUT2D eigenvalue weighted by Crippen LogP contribution is -2.42. The molecular formula is C24H32N4O5S. The van der Waals surface area contributed by atoms with E-state index < -0.39 is 9.84 Å². The summed E-state index contributed by atoms with van der Waals surface area (Å²) in [6.07, 6.45) is 4.52. The van der Waals surface area contributed by atoms with E-state index in [1.165, 1.54) is 12.6 Å². The summed E-state index contributed by atoms with van der Waals surface area (Å²) < 4.78 is 35.3. The lowest BCUT2D eigenvalue weighted by Gasteiger charge is -2.32. The van der Waals surface area contributed by atoms with Crippen molar-refractivity contribution in [3.63, 3.8) is 0 Å². The van der Waals surface area contributed by atoms with Gasteiger partial charge in [-0.05, 0) is 35.6 Å². The van der Waals surface area contributed by atoms with E-state index in [1.807, 2.05) is 37.8 Å². The fourth-order valence-electron chi connectivity index (χ4n) is 4.09. The van der Waals surface area contributed by atoms with Crippen LogP contribution in [0.15, 0.2) is 35.5 Å². The minimum atomic E-state index is -3.25. The van der Waals surface area contributed by atoms with Crippen molar-refractivity contribution in [3.8, 4) is 5.88 Å². The maximum Gasteiger partial charge on any atom is 0.409 e. The number of carbonyl (C=O) groups excluding carboxylic acids is 1. The third kappa shape index (κ3) is 5.78. The number of benzene rings is 1. The van der Waals surface area contributed by atoms with Crippen LogP contribution < -0.4 is 9.64 Å². The van der Waals surface area contributed by atoms with Gasteiger partial charge in [0.15, 0.2) is 9.84 Å². The highest BCUT2D eigenvalue weighted by molar-refractivity contribution is 7.90. The minimum absolute atomic E-state index is 0.0439. The number of anilines is 2. The Bertz CT molecular complexity index is 1150. The zero-order chi connectivity index (χ0) is 24.5. The monoisotopic (exact) mass is 488 g/mol. The molecule has 0 spiro atoms. The molecule has 10 heteroatoms. The molecule has 4 rings (SSSR count). The summed E-state index contributed by atoms with van der Waals surface area (Å²) in [6.45, 7) is 8.34. The van der Waals surface area contributed by atoms with Gasteiger partial charge in [-0.15, -0.1) is 0 Å². The largest absolute Gasteiger partial charge is 0.474 e. The lowest BCUT2D eigenvalue weighted by atomic mass is 9.99. The number of amides is 1. The fraction of sp³-hybridized carbons (Fsp3) is 0.542. The van der Waals surface area contributed by atoms with Crippen molar-refractivity contribution in [2.75, 3.05) is 37.4 Å². The molecule has 1 saturated heterocycles. The normalized spacial score (nSPS) is 16.9. The molecule has 0 aliphatic carbocycles. The number of rotatable bonds is 5. The van der Waals surface area contributed by atoms with Crippen LogP contribution in [0.3, 0.4) is 0 Å². The average Bonchev–Trinajstić information content (AvgIpc) is 3.20. The smallest absolute Gasteiger partial charge is 0.409 e. The van der Waals surface area contributed by atoms with Crippen LogP contribution in [0, 0.1) is 5.41 Å². The van der Waals surface area contributed by atoms with E-state index in [2.05, 4.69) is 9.97 Å². The van der Waals surface area contributed by atoms with E-state index in [0.29, 0.717) is 55.7 Å². The van der Waals surface area contributed by atoms with Crippen molar-refractivity contribution in [1.29, 1.82) is 0 Å². The molecule has 3 heterocycles. The molecule has 1 aromatic carbocycles. The number of carbonyl (C=O) groups is 1. The first kappa shape index (κ1) is 24.3. The highest BCUT2D eigenvalue weighted by Crippen LogP contribution is 2.35. The van der Waals surface area contributed by atoms with Gasteiger partial charge >= 0.3 is 6.09 Å². The summed E-state index contributed by atoms with van der Waals surface area (Å²) in [7, 11) is -3.25. The van der Waals surface area contributed by atoms with Crippen LogP contribution in [0.5, 0.6) is 5.88 Å². The van der Waals surface area contributed by atoms with Crippen LogP contribution in [0.25, 0.3) is 0 Å². The molecule has 0 saturated carbocycles. The molecule has 1 aromatic heterocycles. The average molecular weight is 489 g/mol. The highest BCUT2D eigenvalue weighted by atomic mass is 32.2. The Morgan fingerprint density at radius 2 is 1.85 bits per heavy atom. The van der Waals surface area contributed by atoms with Gasteiger partial charge in [0.1, 0.15) is 18.2 Å². The molecule has 0 unspecified atom stereocenters. The number of ether oxygens (including phenoxy) is 2. The van der Waals surface area contributed by atoms with E-state index in [9.17, 15) is 13.2 Å². The number of nitrogens with zero attached hydrogens (tertiary/aromatic N) is 4. The Labute approximate surface area is 201 Å². The van der Waals surface area contributed by atoms with Crippen LogP contribution >= 0.6 is 0 Å². The van der Waals surface area contributed by atoms with Gasteiger partial charge in [0.2, 0.25) is 5.88 Å². The van der Waals surface area contributed by atoms with E-state index in [1.54, 1.807) is 17.0 Å². The summed E-state index contributed by atoms with van der Waals surface area (Å²) in [5.41, 5.74) is 1.86. The Morgan fingerprint density at radius 3 is 2.53 bits per heavy atom. The number of fused-ring (bicyclic) bond motifs is 1. The van der Waals surface area contributed by atoms with Gasteiger partial charge in [0, 0.05) is 50.5 Å². The first-order chi connectivity index (χ1) is 16.0. The van der Waals surface area contributed by atoms with E-state index in [0.717, 1.165) is 17.7 Å².